The molecule has 0 fully saturated rings. The molecule has 144 valence electrons. The van der Waals surface area contributed by atoms with Gasteiger partial charge in [0.1, 0.15) is 0 Å². The van der Waals surface area contributed by atoms with Crippen LogP contribution in [0.25, 0.3) is 0 Å². The summed E-state index contributed by atoms with van der Waals surface area (Å²) >= 11 is 7.28. The number of rotatable bonds is 5. The molecule has 0 aromatic rings. The Morgan fingerprint density at radius 2 is 1.04 bits per heavy atom. The van der Waals surface area contributed by atoms with Crippen molar-refractivity contribution in [2.75, 3.05) is 30.9 Å². The lowest BCUT2D eigenvalue weighted by Gasteiger charge is -2.18. The van der Waals surface area contributed by atoms with Gasteiger partial charge in [0, 0.05) is 17.7 Å². The molecule has 0 radical (unpaired) electrons. The molecule has 3 nitrogen and oxygen atoms in total. The van der Waals surface area contributed by atoms with Crippen molar-refractivity contribution in [3.8, 4) is 0 Å². The van der Waals surface area contributed by atoms with Gasteiger partial charge in [0.05, 0.1) is 30.0 Å². The summed E-state index contributed by atoms with van der Waals surface area (Å²) in [5.41, 5.74) is 0.0747. The van der Waals surface area contributed by atoms with E-state index in [0.29, 0.717) is 0 Å². The van der Waals surface area contributed by atoms with Crippen molar-refractivity contribution in [3.63, 3.8) is 0 Å². The average Bonchev–Trinajstić information content (AvgIpc) is 2.32. The highest BCUT2D eigenvalue weighted by Gasteiger charge is 2.08. The highest BCUT2D eigenvalue weighted by atomic mass is 79.9. The molecule has 0 aliphatic carbocycles. The molecule has 23 heavy (non-hydrogen) atoms. The molecule has 0 aliphatic heterocycles. The van der Waals surface area contributed by atoms with E-state index in [1.807, 2.05) is 27.7 Å². The van der Waals surface area contributed by atoms with Crippen LogP contribution in [-0.4, -0.2) is 47.7 Å². The molecular formula is C18H41BrO3S. The number of alkyl halides is 1. The minimum absolute atomic E-state index is 0.00271. The molecule has 0 saturated carbocycles. The highest BCUT2D eigenvalue weighted by molar-refractivity contribution is 9.09. The minimum atomic E-state index is 0.00271. The molecule has 0 N–H and O–H groups in total. The first-order valence-corrected chi connectivity index (χ1v) is 10.0. The van der Waals surface area contributed by atoms with Crippen molar-refractivity contribution in [2.45, 2.75) is 86.0 Å². The van der Waals surface area contributed by atoms with Crippen LogP contribution in [0.5, 0.6) is 0 Å². The molecule has 0 unspecified atom stereocenters. The van der Waals surface area contributed by atoms with E-state index in [4.69, 9.17) is 14.2 Å². The van der Waals surface area contributed by atoms with Gasteiger partial charge in [0.25, 0.3) is 0 Å². The molecule has 0 rings (SSSR count). The van der Waals surface area contributed by atoms with Crippen LogP contribution >= 0.6 is 28.6 Å². The zero-order chi connectivity index (χ0) is 19.2. The van der Waals surface area contributed by atoms with Gasteiger partial charge in [-0.15, -0.1) is 0 Å². The minimum Gasteiger partial charge on any atom is -0.376 e. The second-order valence-electron chi connectivity index (χ2n) is 7.88. The van der Waals surface area contributed by atoms with Crippen LogP contribution in [0, 0.1) is 0 Å². The Labute approximate surface area is 159 Å². The van der Waals surface area contributed by atoms with Crippen LogP contribution in [0.3, 0.4) is 0 Å². The standard InChI is InChI=1S/C6H13BrO.C6H14OS.C6H14O/c1-6(2,3)8-5-4-7;1-6(2,3)7-4-5-8;1-5-7-6(2,3)4/h4-5H2,1-3H3;8H,4-5H2,1-3H3;5H2,1-4H3. The Kier molecular flexibility index (Phi) is 18.6. The van der Waals surface area contributed by atoms with Gasteiger partial charge in [0.15, 0.2) is 0 Å². The average molecular weight is 417 g/mol. The molecule has 5 heteroatoms. The summed E-state index contributed by atoms with van der Waals surface area (Å²) in [7, 11) is 0. The molecule has 0 aromatic heterocycles. The van der Waals surface area contributed by atoms with E-state index < -0.39 is 0 Å². The quantitative estimate of drug-likeness (QED) is 0.456. The molecule has 0 bridgehead atoms. The lowest BCUT2D eigenvalue weighted by atomic mass is 10.2. The molecule has 0 saturated heterocycles. The first-order chi connectivity index (χ1) is 10.2. The summed E-state index contributed by atoms with van der Waals surface area (Å²) in [4.78, 5) is 0. The van der Waals surface area contributed by atoms with Gasteiger partial charge in [-0.3, -0.25) is 0 Å². The predicted molar refractivity (Wildman–Crippen MR) is 110 cm³/mol. The number of hydrogen-bond acceptors (Lipinski definition) is 4. The van der Waals surface area contributed by atoms with E-state index >= 15 is 0 Å². The molecule has 0 amide bonds. The number of halogens is 1. The topological polar surface area (TPSA) is 27.7 Å². The third-order valence-electron chi connectivity index (χ3n) is 1.82. The van der Waals surface area contributed by atoms with E-state index in [1.54, 1.807) is 0 Å². The lowest BCUT2D eigenvalue weighted by Crippen LogP contribution is -2.20. The predicted octanol–water partition coefficient (Wildman–Crippen LogP) is 5.75. The number of thiol groups is 1. The summed E-state index contributed by atoms with van der Waals surface area (Å²) in [6, 6.07) is 0. The largest absolute Gasteiger partial charge is 0.376 e. The second kappa shape index (κ2) is 15.0. The van der Waals surface area contributed by atoms with Gasteiger partial charge in [0.2, 0.25) is 0 Å². The van der Waals surface area contributed by atoms with E-state index in [-0.39, 0.29) is 16.8 Å². The normalized spacial score (nSPS) is 12.0. The van der Waals surface area contributed by atoms with Crippen molar-refractivity contribution < 1.29 is 14.2 Å². The Morgan fingerprint density at radius 1 is 0.696 bits per heavy atom. The van der Waals surface area contributed by atoms with Crippen LogP contribution in [0.1, 0.15) is 69.2 Å². The molecule has 0 spiro atoms. The number of hydrogen-bond donors (Lipinski definition) is 1. The Hall–Kier alpha value is 0.710. The summed E-state index contributed by atoms with van der Waals surface area (Å²) in [6.45, 7) is 22.8. The first-order valence-electron chi connectivity index (χ1n) is 8.27. The van der Waals surface area contributed by atoms with Crippen molar-refractivity contribution in [1.82, 2.24) is 0 Å². The Morgan fingerprint density at radius 3 is 1.13 bits per heavy atom. The van der Waals surface area contributed by atoms with E-state index in [0.717, 1.165) is 30.9 Å². The van der Waals surface area contributed by atoms with Gasteiger partial charge in [-0.05, 0) is 69.2 Å². The van der Waals surface area contributed by atoms with E-state index in [2.05, 4.69) is 70.1 Å². The van der Waals surface area contributed by atoms with E-state index in [1.165, 1.54) is 0 Å². The van der Waals surface area contributed by atoms with E-state index in [9.17, 15) is 0 Å². The SMILES string of the molecule is CC(C)(C)OCCBr.CC(C)(C)OCCS.CCOC(C)(C)C. The van der Waals surface area contributed by atoms with Gasteiger partial charge < -0.3 is 14.2 Å². The van der Waals surface area contributed by atoms with Crippen molar-refractivity contribution in [1.29, 1.82) is 0 Å². The maximum absolute atomic E-state index is 5.33. The summed E-state index contributed by atoms with van der Waals surface area (Å²) in [5.74, 6) is 0.803. The fraction of sp³-hybridized carbons (Fsp3) is 1.00. The van der Waals surface area contributed by atoms with Crippen LogP contribution in [0.15, 0.2) is 0 Å². The fourth-order valence-corrected chi connectivity index (χ4v) is 1.38. The van der Waals surface area contributed by atoms with Crippen molar-refractivity contribution in [3.05, 3.63) is 0 Å². The monoisotopic (exact) mass is 416 g/mol. The van der Waals surface area contributed by atoms with Crippen LogP contribution < -0.4 is 0 Å². The summed E-state index contributed by atoms with van der Waals surface area (Å²) in [6.07, 6.45) is 0. The molecule has 0 aliphatic rings. The summed E-state index contributed by atoms with van der Waals surface area (Å²) < 4.78 is 15.9. The van der Waals surface area contributed by atoms with Crippen molar-refractivity contribution in [2.24, 2.45) is 0 Å². The van der Waals surface area contributed by atoms with Gasteiger partial charge in [-0.1, -0.05) is 15.9 Å². The summed E-state index contributed by atoms with van der Waals surface area (Å²) in [5, 5.41) is 0.921. The Balaban J connectivity index is -0.000000262. The molecule has 0 aromatic carbocycles. The number of ether oxygens (including phenoxy) is 3. The Bertz CT molecular complexity index is 222. The maximum Gasteiger partial charge on any atom is 0.0598 e. The molecule has 0 atom stereocenters. The van der Waals surface area contributed by atoms with Gasteiger partial charge in [-0.2, -0.15) is 12.6 Å². The van der Waals surface area contributed by atoms with Gasteiger partial charge >= 0.3 is 0 Å². The van der Waals surface area contributed by atoms with Crippen molar-refractivity contribution >= 4 is 28.6 Å². The smallest absolute Gasteiger partial charge is 0.0598 e. The zero-order valence-electron chi connectivity index (χ0n) is 17.1. The lowest BCUT2D eigenvalue weighted by molar-refractivity contribution is 0.00518. The van der Waals surface area contributed by atoms with Gasteiger partial charge in [-0.25, -0.2) is 0 Å². The highest BCUT2D eigenvalue weighted by Crippen LogP contribution is 2.06. The van der Waals surface area contributed by atoms with Crippen LogP contribution in [0.4, 0.5) is 0 Å². The van der Waals surface area contributed by atoms with Crippen LogP contribution in [0.2, 0.25) is 0 Å². The van der Waals surface area contributed by atoms with Crippen LogP contribution in [-0.2, 0) is 14.2 Å². The third kappa shape index (κ3) is 45.0. The fourth-order valence-electron chi connectivity index (χ4n) is 1.13. The molecule has 0 heterocycles. The second-order valence-corrected chi connectivity index (χ2v) is 9.12. The maximum atomic E-state index is 5.33. The first kappa shape index (κ1) is 28.5. The zero-order valence-corrected chi connectivity index (χ0v) is 19.6. The molecular weight excluding hydrogens is 376 g/mol. The third-order valence-corrected chi connectivity index (χ3v) is 2.32.